The molecule has 1 N–H and O–H groups in total. The van der Waals surface area contributed by atoms with E-state index in [2.05, 4.69) is 5.32 Å². The molecule has 6 heteroatoms. The van der Waals surface area contributed by atoms with Crippen LogP contribution in [0.4, 0.5) is 14.5 Å². The summed E-state index contributed by atoms with van der Waals surface area (Å²) in [6.07, 6.45) is 0. The second-order valence-electron chi connectivity index (χ2n) is 5.28. The minimum absolute atomic E-state index is 0.431. The highest BCUT2D eigenvalue weighted by Crippen LogP contribution is 2.22. The number of rotatable bonds is 4. The van der Waals surface area contributed by atoms with Crippen molar-refractivity contribution in [1.82, 2.24) is 0 Å². The number of esters is 1. The molecule has 25 heavy (non-hydrogen) atoms. The summed E-state index contributed by atoms with van der Waals surface area (Å²) in [4.78, 5) is 23.8. The smallest absolute Gasteiger partial charge is 0.341 e. The van der Waals surface area contributed by atoms with E-state index in [0.29, 0.717) is 11.8 Å². The highest BCUT2D eigenvalue weighted by Gasteiger charge is 2.15. The first-order chi connectivity index (χ1) is 12.0. The molecule has 4 nitrogen and oxygen atoms in total. The number of ether oxygens (including phenoxy) is 1. The lowest BCUT2D eigenvalue weighted by Gasteiger charge is -2.09. The maximum atomic E-state index is 13.5. The Labute approximate surface area is 142 Å². The quantitative estimate of drug-likeness (QED) is 0.732. The molecule has 0 unspecified atom stereocenters. The minimum atomic E-state index is -1.04. The highest BCUT2D eigenvalue weighted by atomic mass is 19.1. The summed E-state index contributed by atoms with van der Waals surface area (Å²) in [6, 6.07) is 15.4. The van der Waals surface area contributed by atoms with Crippen LogP contribution >= 0.6 is 0 Å². The second-order valence-corrected chi connectivity index (χ2v) is 5.28. The fourth-order valence-electron chi connectivity index (χ4n) is 2.38. The Kier molecular flexibility index (Phi) is 4.70. The van der Waals surface area contributed by atoms with Gasteiger partial charge < -0.3 is 10.1 Å². The van der Waals surface area contributed by atoms with Crippen LogP contribution in [0.1, 0.15) is 10.4 Å². The number of benzene rings is 3. The van der Waals surface area contributed by atoms with Gasteiger partial charge in [-0.3, -0.25) is 4.79 Å². The van der Waals surface area contributed by atoms with E-state index in [9.17, 15) is 18.4 Å². The molecular weight excluding hydrogens is 328 g/mol. The largest absolute Gasteiger partial charge is 0.452 e. The summed E-state index contributed by atoms with van der Waals surface area (Å²) in [5, 5.41) is 4.44. The average Bonchev–Trinajstić information content (AvgIpc) is 2.60. The number of halogens is 2. The molecule has 0 aliphatic rings. The van der Waals surface area contributed by atoms with Gasteiger partial charge in [-0.15, -0.1) is 0 Å². The summed E-state index contributed by atoms with van der Waals surface area (Å²) >= 11 is 0. The first-order valence-electron chi connectivity index (χ1n) is 7.44. The molecule has 0 aliphatic heterocycles. The van der Waals surface area contributed by atoms with Gasteiger partial charge in [-0.25, -0.2) is 13.6 Å². The molecule has 0 radical (unpaired) electrons. The molecule has 1 amide bonds. The van der Waals surface area contributed by atoms with E-state index >= 15 is 0 Å². The summed E-state index contributed by atoms with van der Waals surface area (Å²) in [5.41, 5.74) is 0.145. The first-order valence-corrected chi connectivity index (χ1v) is 7.44. The van der Waals surface area contributed by atoms with E-state index in [4.69, 9.17) is 4.74 Å². The molecule has 0 heterocycles. The molecule has 0 fully saturated rings. The summed E-state index contributed by atoms with van der Waals surface area (Å²) in [5.74, 6) is -3.44. The number of hydrogen-bond acceptors (Lipinski definition) is 3. The predicted octanol–water partition coefficient (Wildman–Crippen LogP) is 3.91. The van der Waals surface area contributed by atoms with Crippen LogP contribution < -0.4 is 5.32 Å². The van der Waals surface area contributed by atoms with Gasteiger partial charge in [0.2, 0.25) is 0 Å². The number of anilines is 1. The third-order valence-corrected chi connectivity index (χ3v) is 3.55. The lowest BCUT2D eigenvalue weighted by Crippen LogP contribution is -2.21. The van der Waals surface area contributed by atoms with Gasteiger partial charge in [0.25, 0.3) is 5.91 Å². The Morgan fingerprint density at radius 2 is 1.72 bits per heavy atom. The van der Waals surface area contributed by atoms with Crippen molar-refractivity contribution in [2.75, 3.05) is 11.9 Å². The van der Waals surface area contributed by atoms with Gasteiger partial charge in [-0.1, -0.05) is 36.4 Å². The van der Waals surface area contributed by atoms with E-state index in [1.807, 2.05) is 30.3 Å². The molecular formula is C19H13F2NO3. The zero-order valence-electron chi connectivity index (χ0n) is 13.0. The van der Waals surface area contributed by atoms with Crippen molar-refractivity contribution in [3.8, 4) is 0 Å². The van der Waals surface area contributed by atoms with Gasteiger partial charge in [0, 0.05) is 17.1 Å². The number of fused-ring (bicyclic) bond motifs is 1. The van der Waals surface area contributed by atoms with Crippen LogP contribution in [0.5, 0.6) is 0 Å². The molecule has 3 aromatic carbocycles. The van der Waals surface area contributed by atoms with Crippen LogP contribution in [0.2, 0.25) is 0 Å². The van der Waals surface area contributed by atoms with E-state index in [1.165, 1.54) is 0 Å². The first kappa shape index (κ1) is 16.6. The lowest BCUT2D eigenvalue weighted by atomic mass is 10.1. The van der Waals surface area contributed by atoms with Crippen molar-refractivity contribution in [1.29, 1.82) is 0 Å². The Hall–Kier alpha value is -3.28. The number of carbonyl (C=O) groups is 2. The Bertz CT molecular complexity index is 951. The van der Waals surface area contributed by atoms with Gasteiger partial charge in [0.15, 0.2) is 6.61 Å². The van der Waals surface area contributed by atoms with E-state index < -0.39 is 35.7 Å². The molecule has 0 bridgehead atoms. The van der Waals surface area contributed by atoms with Crippen LogP contribution in [-0.4, -0.2) is 18.5 Å². The second kappa shape index (κ2) is 7.09. The average molecular weight is 341 g/mol. The van der Waals surface area contributed by atoms with Crippen molar-refractivity contribution in [3.05, 3.63) is 77.9 Å². The van der Waals surface area contributed by atoms with Gasteiger partial charge >= 0.3 is 5.97 Å². The molecule has 3 aromatic rings. The lowest BCUT2D eigenvalue weighted by molar-refractivity contribution is -0.119. The summed E-state index contributed by atoms with van der Waals surface area (Å²) < 4.78 is 31.1. The Morgan fingerprint density at radius 3 is 2.52 bits per heavy atom. The monoisotopic (exact) mass is 341 g/mol. The van der Waals surface area contributed by atoms with Gasteiger partial charge in [0.05, 0.1) is 5.56 Å². The molecule has 0 aliphatic carbocycles. The summed E-state index contributed by atoms with van der Waals surface area (Å²) in [7, 11) is 0. The van der Waals surface area contributed by atoms with Crippen LogP contribution in [0.15, 0.2) is 60.7 Å². The number of hydrogen-bond donors (Lipinski definition) is 1. The molecule has 0 atom stereocenters. The van der Waals surface area contributed by atoms with E-state index in [1.54, 1.807) is 12.1 Å². The van der Waals surface area contributed by atoms with Gasteiger partial charge in [-0.2, -0.15) is 0 Å². The van der Waals surface area contributed by atoms with Crippen LogP contribution in [-0.2, 0) is 9.53 Å². The number of nitrogens with one attached hydrogen (secondary N) is 1. The molecule has 0 aromatic heterocycles. The SMILES string of the molecule is O=C(COC(=O)c1ccc(F)cc1F)Nc1cccc2ccccc12. The normalized spacial score (nSPS) is 10.5. The molecule has 3 rings (SSSR count). The van der Waals surface area contributed by atoms with Crippen LogP contribution in [0.25, 0.3) is 10.8 Å². The minimum Gasteiger partial charge on any atom is -0.452 e. The Balaban J connectivity index is 1.65. The Morgan fingerprint density at radius 1 is 0.960 bits per heavy atom. The van der Waals surface area contributed by atoms with Crippen molar-refractivity contribution in [2.24, 2.45) is 0 Å². The fourth-order valence-corrected chi connectivity index (χ4v) is 2.38. The van der Waals surface area contributed by atoms with Crippen molar-refractivity contribution >= 4 is 28.3 Å². The van der Waals surface area contributed by atoms with E-state index in [0.717, 1.165) is 22.9 Å². The highest BCUT2D eigenvalue weighted by molar-refractivity contribution is 6.03. The molecule has 0 saturated carbocycles. The van der Waals surface area contributed by atoms with Crippen LogP contribution in [0.3, 0.4) is 0 Å². The van der Waals surface area contributed by atoms with Crippen molar-refractivity contribution < 1.29 is 23.1 Å². The van der Waals surface area contributed by atoms with E-state index in [-0.39, 0.29) is 0 Å². The van der Waals surface area contributed by atoms with Gasteiger partial charge in [-0.05, 0) is 23.6 Å². The predicted molar refractivity (Wildman–Crippen MR) is 89.2 cm³/mol. The fraction of sp³-hybridized carbons (Fsp3) is 0.0526. The third-order valence-electron chi connectivity index (χ3n) is 3.55. The summed E-state index contributed by atoms with van der Waals surface area (Å²) in [6.45, 7) is -0.584. The van der Waals surface area contributed by atoms with Gasteiger partial charge in [0.1, 0.15) is 11.6 Å². The van der Waals surface area contributed by atoms with Crippen molar-refractivity contribution in [2.45, 2.75) is 0 Å². The molecule has 0 spiro atoms. The van der Waals surface area contributed by atoms with Crippen molar-refractivity contribution in [3.63, 3.8) is 0 Å². The topological polar surface area (TPSA) is 55.4 Å². The maximum Gasteiger partial charge on any atom is 0.341 e. The molecule has 126 valence electrons. The van der Waals surface area contributed by atoms with Crippen LogP contribution in [0, 0.1) is 11.6 Å². The molecule has 0 saturated heterocycles. The third kappa shape index (κ3) is 3.80. The standard InChI is InChI=1S/C19H13F2NO3/c20-13-8-9-15(16(21)10-13)19(24)25-11-18(23)22-17-7-3-5-12-4-1-2-6-14(12)17/h1-10H,11H2,(H,22,23). The maximum absolute atomic E-state index is 13.5. The zero-order chi connectivity index (χ0) is 17.8. The number of amides is 1. The zero-order valence-corrected chi connectivity index (χ0v) is 13.0. The number of carbonyl (C=O) groups excluding carboxylic acids is 2.